The van der Waals surface area contributed by atoms with Gasteiger partial charge >= 0.3 is 0 Å². The molecule has 5 nitrogen and oxygen atoms in total. The summed E-state index contributed by atoms with van der Waals surface area (Å²) in [5.41, 5.74) is 8.11. The zero-order valence-corrected chi connectivity index (χ0v) is 17.4. The summed E-state index contributed by atoms with van der Waals surface area (Å²) in [7, 11) is 1.63. The predicted molar refractivity (Wildman–Crippen MR) is 114 cm³/mol. The van der Waals surface area contributed by atoms with Crippen molar-refractivity contribution in [2.45, 2.75) is 44.8 Å². The quantitative estimate of drug-likeness (QED) is 0.778. The van der Waals surface area contributed by atoms with Gasteiger partial charge in [-0.05, 0) is 22.6 Å². The summed E-state index contributed by atoms with van der Waals surface area (Å²) in [4.78, 5) is 26.6. The molecule has 0 spiro atoms. The van der Waals surface area contributed by atoms with Crippen molar-refractivity contribution in [3.05, 3.63) is 60.2 Å². The Hall–Kier alpha value is -2.66. The average molecular weight is 395 g/mol. The predicted octanol–water partition coefficient (Wildman–Crippen LogP) is 3.72. The van der Waals surface area contributed by atoms with Crippen LogP contribution in [0.2, 0.25) is 0 Å². The van der Waals surface area contributed by atoms with Crippen molar-refractivity contribution in [1.29, 1.82) is 0 Å². The molecule has 1 fully saturated rings. The van der Waals surface area contributed by atoms with Gasteiger partial charge < -0.3 is 15.4 Å². The molecule has 29 heavy (non-hydrogen) atoms. The Bertz CT molecular complexity index is 850. The molecule has 2 N–H and O–H groups in total. The second kappa shape index (κ2) is 8.78. The van der Waals surface area contributed by atoms with Gasteiger partial charge in [0.15, 0.2) is 0 Å². The molecule has 0 bridgehead atoms. The van der Waals surface area contributed by atoms with Crippen LogP contribution < -0.4 is 5.73 Å². The molecule has 0 aliphatic carbocycles. The standard InChI is InChI=1S/C24H30N2O3/c1-4-17(2)14-22(27)26-16-24(29-3,15-21(26)23(25)28)20-12-10-19(11-13-20)18-8-6-5-7-9-18/h5-13,17,21H,4,14-16H2,1-3H3,(H2,25,28)/t17?,21-,24-/m0/s1. The lowest BCUT2D eigenvalue weighted by Gasteiger charge is -2.29. The van der Waals surface area contributed by atoms with E-state index in [0.717, 1.165) is 23.1 Å². The normalized spacial score (nSPS) is 22.4. The van der Waals surface area contributed by atoms with Gasteiger partial charge in [0.25, 0.3) is 0 Å². The van der Waals surface area contributed by atoms with Crippen LogP contribution in [0, 0.1) is 5.92 Å². The molecule has 1 unspecified atom stereocenters. The minimum Gasteiger partial charge on any atom is -0.372 e. The van der Waals surface area contributed by atoms with Crippen molar-refractivity contribution in [3.8, 4) is 11.1 Å². The number of benzene rings is 2. The van der Waals surface area contributed by atoms with Gasteiger partial charge in [-0.3, -0.25) is 9.59 Å². The number of methoxy groups -OCH3 is 1. The van der Waals surface area contributed by atoms with E-state index in [1.165, 1.54) is 0 Å². The summed E-state index contributed by atoms with van der Waals surface area (Å²) in [6.45, 7) is 4.43. The Kier molecular flexibility index (Phi) is 6.38. The molecule has 3 rings (SSSR count). The third-order valence-corrected chi connectivity index (χ3v) is 6.10. The Balaban J connectivity index is 1.88. The highest BCUT2D eigenvalue weighted by molar-refractivity contribution is 5.87. The number of carbonyl (C=O) groups excluding carboxylic acids is 2. The van der Waals surface area contributed by atoms with Crippen molar-refractivity contribution in [2.24, 2.45) is 11.7 Å². The molecule has 0 radical (unpaired) electrons. The molecule has 1 heterocycles. The first kappa shape index (κ1) is 21.1. The van der Waals surface area contributed by atoms with Crippen molar-refractivity contribution in [1.82, 2.24) is 4.90 Å². The number of likely N-dealkylation sites (tertiary alicyclic amines) is 1. The minimum absolute atomic E-state index is 0.0389. The van der Waals surface area contributed by atoms with Crippen LogP contribution in [0.5, 0.6) is 0 Å². The molecule has 1 saturated heterocycles. The molecule has 2 amide bonds. The van der Waals surface area contributed by atoms with Crippen LogP contribution >= 0.6 is 0 Å². The van der Waals surface area contributed by atoms with E-state index in [1.807, 2.05) is 49.4 Å². The number of nitrogens with zero attached hydrogens (tertiary/aromatic N) is 1. The zero-order chi connectivity index (χ0) is 21.0. The highest BCUT2D eigenvalue weighted by atomic mass is 16.5. The number of nitrogens with two attached hydrogens (primary N) is 1. The van der Waals surface area contributed by atoms with Gasteiger partial charge in [-0.25, -0.2) is 0 Å². The maximum atomic E-state index is 12.9. The summed E-state index contributed by atoms with van der Waals surface area (Å²) in [5, 5.41) is 0. The van der Waals surface area contributed by atoms with Gasteiger partial charge in [-0.2, -0.15) is 0 Å². The lowest BCUT2D eigenvalue weighted by atomic mass is 9.89. The molecule has 1 aliphatic heterocycles. The van der Waals surface area contributed by atoms with Crippen LogP contribution in [0.3, 0.4) is 0 Å². The van der Waals surface area contributed by atoms with Crippen molar-refractivity contribution in [2.75, 3.05) is 13.7 Å². The molecular formula is C24H30N2O3. The Labute approximate surface area is 172 Å². The zero-order valence-electron chi connectivity index (χ0n) is 17.4. The lowest BCUT2D eigenvalue weighted by Crippen LogP contribution is -2.44. The van der Waals surface area contributed by atoms with Crippen molar-refractivity contribution >= 4 is 11.8 Å². The fraction of sp³-hybridized carbons (Fsp3) is 0.417. The Morgan fingerprint density at radius 2 is 1.76 bits per heavy atom. The van der Waals surface area contributed by atoms with Crippen LogP contribution in [0.4, 0.5) is 0 Å². The van der Waals surface area contributed by atoms with E-state index in [1.54, 1.807) is 12.0 Å². The molecule has 5 heteroatoms. The van der Waals surface area contributed by atoms with E-state index in [2.05, 4.69) is 19.1 Å². The molecule has 2 aromatic rings. The van der Waals surface area contributed by atoms with Crippen LogP contribution in [0.15, 0.2) is 54.6 Å². The van der Waals surface area contributed by atoms with E-state index in [-0.39, 0.29) is 11.8 Å². The van der Waals surface area contributed by atoms with Gasteiger partial charge in [-0.15, -0.1) is 0 Å². The number of ether oxygens (including phenoxy) is 1. The number of rotatable bonds is 7. The molecule has 2 aromatic carbocycles. The van der Waals surface area contributed by atoms with E-state index in [4.69, 9.17) is 10.5 Å². The summed E-state index contributed by atoms with van der Waals surface area (Å²) >= 11 is 0. The second-order valence-corrected chi connectivity index (χ2v) is 8.00. The lowest BCUT2D eigenvalue weighted by molar-refractivity contribution is -0.138. The van der Waals surface area contributed by atoms with E-state index < -0.39 is 17.6 Å². The van der Waals surface area contributed by atoms with Gasteiger partial charge in [-0.1, -0.05) is 74.9 Å². The van der Waals surface area contributed by atoms with E-state index in [0.29, 0.717) is 19.4 Å². The van der Waals surface area contributed by atoms with Crippen LogP contribution in [-0.2, 0) is 19.9 Å². The molecule has 0 aromatic heterocycles. The summed E-state index contributed by atoms with van der Waals surface area (Å²) in [6, 6.07) is 17.6. The highest BCUT2D eigenvalue weighted by Crippen LogP contribution is 2.40. The molecular weight excluding hydrogens is 364 g/mol. The molecule has 3 atom stereocenters. The molecule has 1 aliphatic rings. The van der Waals surface area contributed by atoms with E-state index in [9.17, 15) is 9.59 Å². The first-order valence-corrected chi connectivity index (χ1v) is 10.2. The third kappa shape index (κ3) is 4.35. The maximum Gasteiger partial charge on any atom is 0.240 e. The fourth-order valence-electron chi connectivity index (χ4n) is 4.02. The molecule has 154 valence electrons. The first-order chi connectivity index (χ1) is 13.9. The largest absolute Gasteiger partial charge is 0.372 e. The fourth-order valence-corrected chi connectivity index (χ4v) is 4.02. The highest BCUT2D eigenvalue weighted by Gasteiger charge is 2.49. The minimum atomic E-state index is -0.736. The SMILES string of the molecule is CCC(C)CC(=O)N1C[C@](OC)(c2ccc(-c3ccccc3)cc2)C[C@H]1C(N)=O. The van der Waals surface area contributed by atoms with Crippen molar-refractivity contribution < 1.29 is 14.3 Å². The van der Waals surface area contributed by atoms with Gasteiger partial charge in [0.05, 0.1) is 6.54 Å². The monoisotopic (exact) mass is 394 g/mol. The number of hydrogen-bond acceptors (Lipinski definition) is 3. The number of hydrogen-bond donors (Lipinski definition) is 1. The van der Waals surface area contributed by atoms with E-state index >= 15 is 0 Å². The number of carbonyl (C=O) groups is 2. The van der Waals surface area contributed by atoms with Crippen molar-refractivity contribution in [3.63, 3.8) is 0 Å². The van der Waals surface area contributed by atoms with Gasteiger partial charge in [0.2, 0.25) is 11.8 Å². The summed E-state index contributed by atoms with van der Waals surface area (Å²) in [6.07, 6.45) is 1.69. The average Bonchev–Trinajstić information content (AvgIpc) is 3.16. The summed E-state index contributed by atoms with van der Waals surface area (Å²) < 4.78 is 5.92. The topological polar surface area (TPSA) is 72.6 Å². The maximum absolute atomic E-state index is 12.9. The number of amides is 2. The van der Waals surface area contributed by atoms with Gasteiger partial charge in [0, 0.05) is 20.0 Å². The van der Waals surface area contributed by atoms with Crippen LogP contribution in [0.25, 0.3) is 11.1 Å². The second-order valence-electron chi connectivity index (χ2n) is 8.00. The first-order valence-electron chi connectivity index (χ1n) is 10.2. The number of primary amides is 1. The Morgan fingerprint density at radius 1 is 1.14 bits per heavy atom. The van der Waals surface area contributed by atoms with Crippen LogP contribution in [-0.4, -0.2) is 36.4 Å². The third-order valence-electron chi connectivity index (χ3n) is 6.10. The smallest absolute Gasteiger partial charge is 0.240 e. The van der Waals surface area contributed by atoms with Gasteiger partial charge in [0.1, 0.15) is 11.6 Å². The summed E-state index contributed by atoms with van der Waals surface area (Å²) in [5.74, 6) is -0.260. The Morgan fingerprint density at radius 3 is 2.31 bits per heavy atom. The van der Waals surface area contributed by atoms with Crippen LogP contribution in [0.1, 0.15) is 38.7 Å². The molecule has 0 saturated carbocycles.